The van der Waals surface area contributed by atoms with E-state index in [1.165, 1.54) is 31.5 Å². The minimum absolute atomic E-state index is 0.414. The summed E-state index contributed by atoms with van der Waals surface area (Å²) >= 11 is 0. The molecular formula is C16H21N5. The van der Waals surface area contributed by atoms with E-state index in [2.05, 4.69) is 39.3 Å². The molecule has 1 aromatic heterocycles. The summed E-state index contributed by atoms with van der Waals surface area (Å²) in [5.41, 5.74) is 9.05. The van der Waals surface area contributed by atoms with Crippen LogP contribution in [0.2, 0.25) is 0 Å². The predicted octanol–water partition coefficient (Wildman–Crippen LogP) is 2.25. The minimum atomic E-state index is 0.414. The maximum absolute atomic E-state index is 5.78. The van der Waals surface area contributed by atoms with Gasteiger partial charge in [0.2, 0.25) is 5.95 Å². The van der Waals surface area contributed by atoms with Crippen molar-refractivity contribution in [2.45, 2.75) is 26.3 Å². The van der Waals surface area contributed by atoms with E-state index in [0.717, 1.165) is 17.8 Å². The van der Waals surface area contributed by atoms with Crippen LogP contribution in [0.25, 0.3) is 0 Å². The first-order chi connectivity index (χ1) is 10.2. The van der Waals surface area contributed by atoms with Crippen LogP contribution in [-0.2, 0) is 6.54 Å². The fourth-order valence-corrected chi connectivity index (χ4v) is 2.70. The lowest BCUT2D eigenvalue weighted by Gasteiger charge is -2.14. The highest BCUT2D eigenvalue weighted by Crippen LogP contribution is 2.13. The Balaban J connectivity index is 1.71. The van der Waals surface area contributed by atoms with Gasteiger partial charge in [-0.3, -0.25) is 4.90 Å². The summed E-state index contributed by atoms with van der Waals surface area (Å²) in [7, 11) is 0. The highest BCUT2D eigenvalue weighted by atomic mass is 15.4. The molecule has 110 valence electrons. The van der Waals surface area contributed by atoms with Crippen molar-refractivity contribution >= 4 is 12.2 Å². The van der Waals surface area contributed by atoms with Gasteiger partial charge in [0, 0.05) is 6.54 Å². The second kappa shape index (κ2) is 6.10. The van der Waals surface area contributed by atoms with Crippen LogP contribution in [0.1, 0.15) is 29.7 Å². The van der Waals surface area contributed by atoms with Gasteiger partial charge in [0.15, 0.2) is 0 Å². The Labute approximate surface area is 125 Å². The first-order valence-electron chi connectivity index (χ1n) is 7.38. The Kier molecular flexibility index (Phi) is 4.01. The van der Waals surface area contributed by atoms with Crippen LogP contribution in [0.3, 0.4) is 0 Å². The zero-order valence-corrected chi connectivity index (χ0v) is 12.4. The number of benzene rings is 1. The number of nitrogen functional groups attached to an aromatic ring is 1. The van der Waals surface area contributed by atoms with Crippen molar-refractivity contribution in [2.75, 3.05) is 18.8 Å². The van der Waals surface area contributed by atoms with Crippen molar-refractivity contribution in [3.63, 3.8) is 0 Å². The molecule has 3 rings (SSSR count). The molecular weight excluding hydrogens is 262 g/mol. The third kappa shape index (κ3) is 3.49. The smallest absolute Gasteiger partial charge is 0.221 e. The molecule has 0 atom stereocenters. The number of hydrogen-bond acceptors (Lipinski definition) is 4. The number of anilines is 1. The molecule has 2 N–H and O–H groups in total. The average molecular weight is 283 g/mol. The van der Waals surface area contributed by atoms with E-state index in [4.69, 9.17) is 5.73 Å². The van der Waals surface area contributed by atoms with E-state index in [0.29, 0.717) is 5.95 Å². The number of rotatable bonds is 4. The van der Waals surface area contributed by atoms with Gasteiger partial charge in [0.1, 0.15) is 0 Å². The van der Waals surface area contributed by atoms with Gasteiger partial charge in [-0.1, -0.05) is 18.2 Å². The molecule has 1 fully saturated rings. The number of nitrogens with two attached hydrogens (primary N) is 1. The number of imidazole rings is 1. The van der Waals surface area contributed by atoms with Crippen molar-refractivity contribution in [3.8, 4) is 0 Å². The molecule has 21 heavy (non-hydrogen) atoms. The zero-order chi connectivity index (χ0) is 14.7. The van der Waals surface area contributed by atoms with Crippen molar-refractivity contribution in [2.24, 2.45) is 5.10 Å². The molecule has 2 aromatic rings. The lowest BCUT2D eigenvalue weighted by molar-refractivity contribution is 0.331. The summed E-state index contributed by atoms with van der Waals surface area (Å²) in [6, 6.07) is 8.49. The van der Waals surface area contributed by atoms with Crippen molar-refractivity contribution < 1.29 is 0 Å². The predicted molar refractivity (Wildman–Crippen MR) is 85.3 cm³/mol. The third-order valence-corrected chi connectivity index (χ3v) is 3.72. The maximum atomic E-state index is 5.78. The van der Waals surface area contributed by atoms with Crippen LogP contribution in [0, 0.1) is 6.92 Å². The summed E-state index contributed by atoms with van der Waals surface area (Å²) in [5, 5.41) is 4.36. The fraction of sp³-hybridized carbons (Fsp3) is 0.375. The molecule has 1 aliphatic heterocycles. The molecule has 0 bridgehead atoms. The number of aromatic nitrogens is 2. The number of nitrogens with zero attached hydrogens (tertiary/aromatic N) is 4. The first-order valence-corrected chi connectivity index (χ1v) is 7.38. The summed E-state index contributed by atoms with van der Waals surface area (Å²) < 4.78 is 1.60. The van der Waals surface area contributed by atoms with Gasteiger partial charge in [0.25, 0.3) is 0 Å². The molecule has 0 aliphatic carbocycles. The van der Waals surface area contributed by atoms with E-state index in [1.807, 2.05) is 19.3 Å². The van der Waals surface area contributed by atoms with E-state index in [9.17, 15) is 0 Å². The third-order valence-electron chi connectivity index (χ3n) is 3.72. The molecule has 0 amide bonds. The molecule has 5 heteroatoms. The number of aryl methyl sites for hydroxylation is 1. The lowest BCUT2D eigenvalue weighted by Crippen LogP contribution is -2.18. The Hall–Kier alpha value is -2.14. The van der Waals surface area contributed by atoms with Crippen LogP contribution >= 0.6 is 0 Å². The van der Waals surface area contributed by atoms with Crippen LogP contribution in [-0.4, -0.2) is 33.9 Å². The second-order valence-electron chi connectivity index (χ2n) is 5.56. The first kappa shape index (κ1) is 13.8. The molecule has 0 spiro atoms. The van der Waals surface area contributed by atoms with E-state index < -0.39 is 0 Å². The average Bonchev–Trinajstić information content (AvgIpc) is 3.07. The highest BCUT2D eigenvalue weighted by Gasteiger charge is 2.11. The quantitative estimate of drug-likeness (QED) is 0.876. The van der Waals surface area contributed by atoms with Gasteiger partial charge in [-0.05, 0) is 50.0 Å². The van der Waals surface area contributed by atoms with Crippen LogP contribution in [0.15, 0.2) is 35.6 Å². The van der Waals surface area contributed by atoms with Crippen molar-refractivity contribution in [1.82, 2.24) is 14.6 Å². The summed E-state index contributed by atoms with van der Waals surface area (Å²) in [5.74, 6) is 0.414. The largest absolute Gasteiger partial charge is 0.368 e. The second-order valence-corrected chi connectivity index (χ2v) is 5.56. The van der Waals surface area contributed by atoms with Gasteiger partial charge in [-0.25, -0.2) is 9.66 Å². The van der Waals surface area contributed by atoms with Crippen LogP contribution in [0.4, 0.5) is 5.95 Å². The summed E-state index contributed by atoms with van der Waals surface area (Å²) in [4.78, 5) is 6.62. The molecule has 2 heterocycles. The van der Waals surface area contributed by atoms with Crippen molar-refractivity contribution in [1.29, 1.82) is 0 Å². The van der Waals surface area contributed by atoms with Gasteiger partial charge < -0.3 is 5.73 Å². The highest BCUT2D eigenvalue weighted by molar-refractivity contribution is 5.79. The summed E-state index contributed by atoms with van der Waals surface area (Å²) in [6.07, 6.45) is 6.28. The molecule has 5 nitrogen and oxygen atoms in total. The van der Waals surface area contributed by atoms with E-state index >= 15 is 0 Å². The Morgan fingerprint density at radius 2 is 2.14 bits per heavy atom. The lowest BCUT2D eigenvalue weighted by atomic mass is 10.1. The van der Waals surface area contributed by atoms with E-state index in [-0.39, 0.29) is 0 Å². The topological polar surface area (TPSA) is 59.4 Å². The SMILES string of the molecule is Cc1cn(N=Cc2cccc(CN3CCCC3)c2)c(N)n1. The van der Waals surface area contributed by atoms with Crippen LogP contribution in [0.5, 0.6) is 0 Å². The van der Waals surface area contributed by atoms with Gasteiger partial charge in [-0.15, -0.1) is 0 Å². The molecule has 1 aliphatic rings. The molecule has 1 saturated heterocycles. The Morgan fingerprint density at radius 1 is 1.33 bits per heavy atom. The summed E-state index contributed by atoms with van der Waals surface area (Å²) in [6.45, 7) is 5.35. The maximum Gasteiger partial charge on any atom is 0.221 e. The Bertz CT molecular complexity index is 638. The minimum Gasteiger partial charge on any atom is -0.368 e. The monoisotopic (exact) mass is 283 g/mol. The Morgan fingerprint density at radius 3 is 2.86 bits per heavy atom. The number of likely N-dealkylation sites (tertiary alicyclic amines) is 1. The van der Waals surface area contributed by atoms with Crippen molar-refractivity contribution in [3.05, 3.63) is 47.3 Å². The van der Waals surface area contributed by atoms with Gasteiger partial charge in [-0.2, -0.15) is 5.10 Å². The van der Waals surface area contributed by atoms with Gasteiger partial charge >= 0.3 is 0 Å². The molecule has 1 aromatic carbocycles. The van der Waals surface area contributed by atoms with E-state index in [1.54, 1.807) is 4.68 Å². The van der Waals surface area contributed by atoms with Gasteiger partial charge in [0.05, 0.1) is 18.1 Å². The normalized spacial score (nSPS) is 16.0. The molecule has 0 unspecified atom stereocenters. The number of hydrogen-bond donors (Lipinski definition) is 1. The molecule has 0 saturated carbocycles. The zero-order valence-electron chi connectivity index (χ0n) is 12.4. The fourth-order valence-electron chi connectivity index (χ4n) is 2.70. The van der Waals surface area contributed by atoms with Crippen LogP contribution < -0.4 is 5.73 Å². The molecule has 0 radical (unpaired) electrons. The standard InChI is InChI=1S/C16H21N5/c1-13-11-21(16(17)19-13)18-10-14-5-4-6-15(9-14)12-20-7-2-3-8-20/h4-6,9-11H,2-3,7-8,12H2,1H3,(H2,17,19).